The van der Waals surface area contributed by atoms with Crippen LogP contribution < -0.4 is 24.8 Å². The molecule has 1 aromatic heterocycles. The summed E-state index contributed by atoms with van der Waals surface area (Å²) >= 11 is 0. The highest BCUT2D eigenvalue weighted by atomic mass is 16.5. The average molecular weight is 332 g/mol. The van der Waals surface area contributed by atoms with E-state index in [1.165, 1.54) is 0 Å². The van der Waals surface area contributed by atoms with E-state index in [9.17, 15) is 0 Å². The van der Waals surface area contributed by atoms with Crippen molar-refractivity contribution in [2.24, 2.45) is 0 Å². The highest BCUT2D eigenvalue weighted by Crippen LogP contribution is 2.40. The molecule has 0 saturated heterocycles. The first-order valence-electron chi connectivity index (χ1n) is 7.66. The molecule has 0 atom stereocenters. The summed E-state index contributed by atoms with van der Waals surface area (Å²) in [6.07, 6.45) is 0. The highest BCUT2D eigenvalue weighted by molar-refractivity contribution is 5.67. The van der Waals surface area contributed by atoms with Crippen LogP contribution in [0.1, 0.15) is 19.5 Å². The van der Waals surface area contributed by atoms with Crippen molar-refractivity contribution in [3.05, 3.63) is 23.9 Å². The van der Waals surface area contributed by atoms with Gasteiger partial charge in [-0.15, -0.1) is 0 Å². The second-order valence-electron chi connectivity index (χ2n) is 5.56. The molecule has 2 rings (SSSR count). The van der Waals surface area contributed by atoms with Gasteiger partial charge in [0.05, 0.1) is 21.3 Å². The molecule has 24 heavy (non-hydrogen) atoms. The topological polar surface area (TPSA) is 77.5 Å². The largest absolute Gasteiger partial charge is 0.493 e. The average Bonchev–Trinajstić information content (AvgIpc) is 2.52. The van der Waals surface area contributed by atoms with Gasteiger partial charge in [0, 0.05) is 35.6 Å². The Labute approximate surface area is 142 Å². The van der Waals surface area contributed by atoms with Gasteiger partial charge in [-0.05, 0) is 20.8 Å². The van der Waals surface area contributed by atoms with Crippen LogP contribution in [0.3, 0.4) is 0 Å². The zero-order chi connectivity index (χ0) is 17.7. The third kappa shape index (κ3) is 4.18. The van der Waals surface area contributed by atoms with E-state index in [2.05, 4.69) is 20.6 Å². The van der Waals surface area contributed by atoms with Crippen LogP contribution >= 0.6 is 0 Å². The van der Waals surface area contributed by atoms with Crippen molar-refractivity contribution < 1.29 is 14.2 Å². The maximum atomic E-state index is 5.37. The summed E-state index contributed by atoms with van der Waals surface area (Å²) < 4.78 is 16.1. The first-order chi connectivity index (χ1) is 11.5. The second kappa shape index (κ2) is 7.72. The number of aromatic nitrogens is 2. The van der Waals surface area contributed by atoms with E-state index in [0.29, 0.717) is 29.0 Å². The van der Waals surface area contributed by atoms with Crippen molar-refractivity contribution in [1.82, 2.24) is 9.97 Å². The molecule has 0 bridgehead atoms. The summed E-state index contributed by atoms with van der Waals surface area (Å²) in [7, 11) is 4.74. The van der Waals surface area contributed by atoms with Gasteiger partial charge in [0.15, 0.2) is 11.5 Å². The molecule has 0 unspecified atom stereocenters. The molecular weight excluding hydrogens is 308 g/mol. The molecule has 7 heteroatoms. The lowest BCUT2D eigenvalue weighted by molar-refractivity contribution is 0.324. The minimum absolute atomic E-state index is 0.251. The molecule has 0 saturated carbocycles. The van der Waals surface area contributed by atoms with Gasteiger partial charge in [0.1, 0.15) is 5.82 Å². The number of methoxy groups -OCH3 is 3. The molecule has 2 aromatic rings. The second-order valence-corrected chi connectivity index (χ2v) is 5.56. The Balaban J connectivity index is 2.35. The fourth-order valence-corrected chi connectivity index (χ4v) is 2.26. The number of rotatable bonds is 7. The molecule has 0 radical (unpaired) electrons. The quantitative estimate of drug-likeness (QED) is 0.805. The maximum Gasteiger partial charge on any atom is 0.225 e. The van der Waals surface area contributed by atoms with E-state index in [1.807, 2.05) is 39.0 Å². The molecule has 0 amide bonds. The van der Waals surface area contributed by atoms with Gasteiger partial charge in [-0.3, -0.25) is 0 Å². The number of ether oxygens (including phenoxy) is 3. The Morgan fingerprint density at radius 2 is 1.54 bits per heavy atom. The van der Waals surface area contributed by atoms with Crippen LogP contribution in [0.4, 0.5) is 17.5 Å². The van der Waals surface area contributed by atoms with Crippen LogP contribution in [0.15, 0.2) is 18.2 Å². The lowest BCUT2D eigenvalue weighted by Gasteiger charge is -2.15. The number of anilines is 3. The summed E-state index contributed by atoms with van der Waals surface area (Å²) in [5, 5.41) is 6.46. The molecule has 0 aliphatic rings. The van der Waals surface area contributed by atoms with Crippen molar-refractivity contribution in [2.75, 3.05) is 32.0 Å². The van der Waals surface area contributed by atoms with E-state index in [4.69, 9.17) is 14.2 Å². The Kier molecular flexibility index (Phi) is 5.68. The lowest BCUT2D eigenvalue weighted by Crippen LogP contribution is -2.13. The Bertz CT molecular complexity index is 679. The number of nitrogens with zero attached hydrogens (tertiary/aromatic N) is 2. The molecule has 2 N–H and O–H groups in total. The van der Waals surface area contributed by atoms with E-state index in [1.54, 1.807) is 21.3 Å². The third-order valence-electron chi connectivity index (χ3n) is 3.21. The van der Waals surface area contributed by atoms with Crippen molar-refractivity contribution in [2.45, 2.75) is 26.8 Å². The van der Waals surface area contributed by atoms with Crippen molar-refractivity contribution in [3.63, 3.8) is 0 Å². The van der Waals surface area contributed by atoms with Crippen molar-refractivity contribution >= 4 is 17.5 Å². The molecule has 7 nitrogen and oxygen atoms in total. The minimum atomic E-state index is 0.251. The first-order valence-corrected chi connectivity index (χ1v) is 7.66. The fraction of sp³-hybridized carbons (Fsp3) is 0.412. The Morgan fingerprint density at radius 3 is 2.04 bits per heavy atom. The lowest BCUT2D eigenvalue weighted by atomic mass is 10.2. The molecule has 0 aliphatic carbocycles. The summed E-state index contributed by atoms with van der Waals surface area (Å²) in [5.74, 6) is 2.96. The van der Waals surface area contributed by atoms with Gasteiger partial charge in [-0.1, -0.05) is 0 Å². The molecule has 0 aliphatic heterocycles. The van der Waals surface area contributed by atoms with Gasteiger partial charge in [-0.25, -0.2) is 4.98 Å². The van der Waals surface area contributed by atoms with Gasteiger partial charge in [0.2, 0.25) is 11.7 Å². The Hall–Kier alpha value is -2.70. The Morgan fingerprint density at radius 1 is 0.917 bits per heavy atom. The zero-order valence-electron chi connectivity index (χ0n) is 14.9. The van der Waals surface area contributed by atoms with Crippen molar-refractivity contribution in [1.29, 1.82) is 0 Å². The normalized spacial score (nSPS) is 10.5. The summed E-state index contributed by atoms with van der Waals surface area (Å²) in [4.78, 5) is 8.86. The van der Waals surface area contributed by atoms with Gasteiger partial charge in [-0.2, -0.15) is 4.98 Å². The summed E-state index contributed by atoms with van der Waals surface area (Å²) in [6, 6.07) is 5.78. The van der Waals surface area contributed by atoms with Crippen LogP contribution in [-0.4, -0.2) is 37.3 Å². The van der Waals surface area contributed by atoms with Crippen molar-refractivity contribution in [3.8, 4) is 17.2 Å². The number of benzene rings is 1. The number of aryl methyl sites for hydroxylation is 1. The standard InChI is InChI=1S/C17H24N4O3/c1-10(2)18-17-19-11(3)7-15(21-17)20-12-8-13(22-4)16(24-6)14(9-12)23-5/h7-10H,1-6H3,(H2,18,19,20,21). The maximum absolute atomic E-state index is 5.37. The number of hydrogen-bond acceptors (Lipinski definition) is 7. The summed E-state index contributed by atoms with van der Waals surface area (Å²) in [6.45, 7) is 6.00. The van der Waals surface area contributed by atoms with Crippen LogP contribution in [0.25, 0.3) is 0 Å². The van der Waals surface area contributed by atoms with Crippen LogP contribution in [0.5, 0.6) is 17.2 Å². The number of hydrogen-bond donors (Lipinski definition) is 2. The molecular formula is C17H24N4O3. The monoisotopic (exact) mass is 332 g/mol. The van der Waals surface area contributed by atoms with E-state index >= 15 is 0 Å². The SMILES string of the molecule is COc1cc(Nc2cc(C)nc(NC(C)C)n2)cc(OC)c1OC. The smallest absolute Gasteiger partial charge is 0.225 e. The van der Waals surface area contributed by atoms with Crippen LogP contribution in [0.2, 0.25) is 0 Å². The third-order valence-corrected chi connectivity index (χ3v) is 3.21. The predicted molar refractivity (Wildman–Crippen MR) is 94.9 cm³/mol. The fourth-order valence-electron chi connectivity index (χ4n) is 2.26. The van der Waals surface area contributed by atoms with E-state index in [-0.39, 0.29) is 6.04 Å². The molecule has 1 heterocycles. The first kappa shape index (κ1) is 17.7. The van der Waals surface area contributed by atoms with Gasteiger partial charge >= 0.3 is 0 Å². The number of nitrogens with one attached hydrogen (secondary N) is 2. The van der Waals surface area contributed by atoms with Crippen LogP contribution in [0, 0.1) is 6.92 Å². The molecule has 0 spiro atoms. The minimum Gasteiger partial charge on any atom is -0.493 e. The van der Waals surface area contributed by atoms with Crippen LogP contribution in [-0.2, 0) is 0 Å². The van der Waals surface area contributed by atoms with E-state index in [0.717, 1.165) is 11.4 Å². The molecule has 130 valence electrons. The highest BCUT2D eigenvalue weighted by Gasteiger charge is 2.14. The van der Waals surface area contributed by atoms with E-state index < -0.39 is 0 Å². The van der Waals surface area contributed by atoms with Gasteiger partial charge < -0.3 is 24.8 Å². The molecule has 0 fully saturated rings. The predicted octanol–water partition coefficient (Wildman–Crippen LogP) is 3.37. The zero-order valence-corrected chi connectivity index (χ0v) is 14.9. The summed E-state index contributed by atoms with van der Waals surface area (Å²) in [5.41, 5.74) is 1.64. The van der Waals surface area contributed by atoms with Gasteiger partial charge in [0.25, 0.3) is 0 Å². The molecule has 1 aromatic carbocycles.